The van der Waals surface area contributed by atoms with Crippen molar-refractivity contribution >= 4 is 81.9 Å². The first-order valence-electron chi connectivity index (χ1n) is 15.0. The Labute approximate surface area is 254 Å². The van der Waals surface area contributed by atoms with Gasteiger partial charge in [-0.25, -0.2) is 15.0 Å². The second kappa shape index (κ2) is 8.21. The summed E-state index contributed by atoms with van der Waals surface area (Å²) in [6.07, 6.45) is 1.54. The van der Waals surface area contributed by atoms with Gasteiger partial charge < -0.3 is 8.82 Å². The largest absolute Gasteiger partial charge is 0.443 e. The fraction of sp³-hybridized carbons (Fsp3) is 0. The van der Waals surface area contributed by atoms with Crippen LogP contribution in [0, 0.1) is 0 Å². The molecule has 0 bridgehead atoms. The Kier molecular flexibility index (Phi) is 4.24. The van der Waals surface area contributed by atoms with E-state index in [9.17, 15) is 0 Å². The first-order valence-corrected chi connectivity index (χ1v) is 15.0. The number of oxazole rings is 1. The summed E-state index contributed by atoms with van der Waals surface area (Å²) in [5.41, 5.74) is 10.2. The number of nitrogens with zero attached hydrogens (tertiary/aromatic N) is 5. The van der Waals surface area contributed by atoms with Gasteiger partial charge in [-0.05, 0) is 42.5 Å². The SMILES string of the molecule is c1ccc2c(-c3ccc4c(c3)c3cc5ncoc5c5c6ccccc6n4c35)nc(-n3c4ccccc4c4ccccc43)nc2c1. The molecule has 0 aliphatic carbocycles. The standard InChI is InChI=1S/C39H21N5O/c1-5-13-29-25(11-1)36(42-39(41-29)44-31-14-6-2-9-23(31)24-10-3-7-15-32(24)44)22-17-18-34-27(19-22)28-20-30-38(45-21-40-30)35-26-12-4-8-16-33(26)43(34)37(28)35/h1-21H. The van der Waals surface area contributed by atoms with Gasteiger partial charge in [0, 0.05) is 37.9 Å². The predicted octanol–water partition coefficient (Wildman–Crippen LogP) is 9.69. The highest BCUT2D eigenvalue weighted by molar-refractivity contribution is 6.30. The van der Waals surface area contributed by atoms with E-state index >= 15 is 0 Å². The average Bonchev–Trinajstić information content (AvgIpc) is 3.86. The molecule has 0 amide bonds. The summed E-state index contributed by atoms with van der Waals surface area (Å²) in [4.78, 5) is 15.0. The number of para-hydroxylation sites is 4. The van der Waals surface area contributed by atoms with Crippen LogP contribution >= 0.6 is 0 Å². The van der Waals surface area contributed by atoms with Crippen LogP contribution in [0.3, 0.4) is 0 Å². The summed E-state index contributed by atoms with van der Waals surface area (Å²) in [7, 11) is 0. The lowest BCUT2D eigenvalue weighted by Crippen LogP contribution is -2.03. The van der Waals surface area contributed by atoms with E-state index < -0.39 is 0 Å². The highest BCUT2D eigenvalue weighted by Gasteiger charge is 2.23. The third-order valence-electron chi connectivity index (χ3n) is 9.41. The molecule has 0 radical (unpaired) electrons. The fourth-order valence-corrected chi connectivity index (χ4v) is 7.55. The van der Waals surface area contributed by atoms with E-state index in [-0.39, 0.29) is 0 Å². The molecule has 208 valence electrons. The molecule has 6 nitrogen and oxygen atoms in total. The molecule has 0 saturated heterocycles. The molecule has 0 N–H and O–H groups in total. The first kappa shape index (κ1) is 23.2. The lowest BCUT2D eigenvalue weighted by molar-refractivity contribution is 0.605. The molecule has 5 aromatic heterocycles. The molecule has 0 atom stereocenters. The van der Waals surface area contributed by atoms with Crippen LogP contribution in [0.5, 0.6) is 0 Å². The number of hydrogen-bond acceptors (Lipinski definition) is 4. The zero-order chi connectivity index (χ0) is 29.2. The summed E-state index contributed by atoms with van der Waals surface area (Å²) in [5, 5.41) is 7.97. The van der Waals surface area contributed by atoms with E-state index in [2.05, 4.69) is 129 Å². The quantitative estimate of drug-likeness (QED) is 0.206. The molecule has 0 spiro atoms. The van der Waals surface area contributed by atoms with Crippen LogP contribution in [0.15, 0.2) is 132 Å². The van der Waals surface area contributed by atoms with E-state index in [1.165, 1.54) is 16.2 Å². The molecule has 6 heteroatoms. The van der Waals surface area contributed by atoms with Crippen molar-refractivity contribution in [3.05, 3.63) is 128 Å². The number of rotatable bonds is 2. The maximum atomic E-state index is 5.94. The van der Waals surface area contributed by atoms with Crippen LogP contribution in [0.25, 0.3) is 99.1 Å². The van der Waals surface area contributed by atoms with E-state index in [1.54, 1.807) is 6.39 Å². The third-order valence-corrected chi connectivity index (χ3v) is 9.41. The Morgan fingerprint density at radius 2 is 1.18 bits per heavy atom. The molecular formula is C39H21N5O. The van der Waals surface area contributed by atoms with E-state index in [0.29, 0.717) is 5.95 Å². The molecule has 0 aliphatic rings. The van der Waals surface area contributed by atoms with Crippen LogP contribution in [0.2, 0.25) is 0 Å². The number of hydrogen-bond donors (Lipinski definition) is 0. The number of benzene rings is 6. The van der Waals surface area contributed by atoms with Crippen LogP contribution in [0.1, 0.15) is 0 Å². The zero-order valence-corrected chi connectivity index (χ0v) is 23.8. The van der Waals surface area contributed by atoms with Gasteiger partial charge in [0.25, 0.3) is 0 Å². The Balaban J connectivity index is 1.25. The van der Waals surface area contributed by atoms with Crippen molar-refractivity contribution in [3.8, 4) is 17.2 Å². The monoisotopic (exact) mass is 575 g/mol. The van der Waals surface area contributed by atoms with Gasteiger partial charge in [0.1, 0.15) is 5.52 Å². The van der Waals surface area contributed by atoms with Crippen LogP contribution in [-0.4, -0.2) is 23.9 Å². The minimum atomic E-state index is 0.658. The summed E-state index contributed by atoms with van der Waals surface area (Å²) in [5.74, 6) is 0.658. The summed E-state index contributed by atoms with van der Waals surface area (Å²) < 4.78 is 10.5. The highest BCUT2D eigenvalue weighted by atomic mass is 16.3. The van der Waals surface area contributed by atoms with E-state index in [1.807, 2.05) is 6.07 Å². The number of fused-ring (bicyclic) bond motifs is 12. The third kappa shape index (κ3) is 2.91. The maximum Gasteiger partial charge on any atom is 0.235 e. The van der Waals surface area contributed by atoms with Crippen molar-refractivity contribution in [2.24, 2.45) is 0 Å². The van der Waals surface area contributed by atoms with Gasteiger partial charge in [-0.2, -0.15) is 0 Å². The smallest absolute Gasteiger partial charge is 0.235 e. The molecule has 0 fully saturated rings. The predicted molar refractivity (Wildman–Crippen MR) is 182 cm³/mol. The van der Waals surface area contributed by atoms with Crippen LogP contribution in [-0.2, 0) is 0 Å². The molecule has 5 heterocycles. The van der Waals surface area contributed by atoms with Crippen molar-refractivity contribution in [2.45, 2.75) is 0 Å². The van der Waals surface area contributed by atoms with E-state index in [0.717, 1.165) is 77.0 Å². The Bertz CT molecular complexity index is 2950. The van der Waals surface area contributed by atoms with Gasteiger partial charge in [-0.3, -0.25) is 4.57 Å². The topological polar surface area (TPSA) is 61.1 Å². The van der Waals surface area contributed by atoms with Crippen molar-refractivity contribution in [1.82, 2.24) is 23.9 Å². The summed E-state index contributed by atoms with van der Waals surface area (Å²) in [6, 6.07) is 42.6. The van der Waals surface area contributed by atoms with Crippen molar-refractivity contribution in [3.63, 3.8) is 0 Å². The Morgan fingerprint density at radius 1 is 0.511 bits per heavy atom. The maximum absolute atomic E-state index is 5.94. The van der Waals surface area contributed by atoms with E-state index in [4.69, 9.17) is 14.4 Å². The van der Waals surface area contributed by atoms with Gasteiger partial charge in [-0.1, -0.05) is 78.9 Å². The molecule has 0 aliphatic heterocycles. The first-order chi connectivity index (χ1) is 22.3. The number of aromatic nitrogens is 5. The Morgan fingerprint density at radius 3 is 1.98 bits per heavy atom. The Hall–Kier alpha value is -6.27. The van der Waals surface area contributed by atoms with Gasteiger partial charge in [0.15, 0.2) is 12.0 Å². The molecule has 45 heavy (non-hydrogen) atoms. The van der Waals surface area contributed by atoms with Crippen LogP contribution in [0.4, 0.5) is 0 Å². The zero-order valence-electron chi connectivity index (χ0n) is 23.8. The minimum absolute atomic E-state index is 0.658. The average molecular weight is 576 g/mol. The molecule has 11 rings (SSSR count). The molecule has 11 aromatic rings. The van der Waals surface area contributed by atoms with Crippen molar-refractivity contribution in [1.29, 1.82) is 0 Å². The lowest BCUT2D eigenvalue weighted by Gasteiger charge is -2.12. The molecular weight excluding hydrogens is 554 g/mol. The van der Waals surface area contributed by atoms with Crippen molar-refractivity contribution < 1.29 is 4.42 Å². The highest BCUT2D eigenvalue weighted by Crippen LogP contribution is 2.44. The summed E-state index contributed by atoms with van der Waals surface area (Å²) >= 11 is 0. The van der Waals surface area contributed by atoms with Gasteiger partial charge in [-0.15, -0.1) is 0 Å². The normalized spacial score (nSPS) is 12.4. The molecule has 6 aromatic carbocycles. The molecule has 0 saturated carbocycles. The van der Waals surface area contributed by atoms with Gasteiger partial charge in [0.2, 0.25) is 5.95 Å². The second-order valence-corrected chi connectivity index (χ2v) is 11.7. The van der Waals surface area contributed by atoms with Crippen LogP contribution < -0.4 is 0 Å². The van der Waals surface area contributed by atoms with Gasteiger partial charge in [0.05, 0.1) is 44.2 Å². The van der Waals surface area contributed by atoms with Gasteiger partial charge >= 0.3 is 0 Å². The minimum Gasteiger partial charge on any atom is -0.443 e. The molecule has 0 unspecified atom stereocenters. The second-order valence-electron chi connectivity index (χ2n) is 11.7. The lowest BCUT2D eigenvalue weighted by atomic mass is 10.0. The van der Waals surface area contributed by atoms with Crippen molar-refractivity contribution in [2.75, 3.05) is 0 Å². The fourth-order valence-electron chi connectivity index (χ4n) is 7.55. The summed E-state index contributed by atoms with van der Waals surface area (Å²) in [6.45, 7) is 0.